The Labute approximate surface area is 81.8 Å². The lowest BCUT2D eigenvalue weighted by Gasteiger charge is -2.13. The van der Waals surface area contributed by atoms with E-state index in [1.807, 2.05) is 23.9 Å². The molecule has 13 heavy (non-hydrogen) atoms. The summed E-state index contributed by atoms with van der Waals surface area (Å²) in [6.07, 6.45) is 2.18. The van der Waals surface area contributed by atoms with Crippen LogP contribution in [-0.2, 0) is 0 Å². The van der Waals surface area contributed by atoms with Crippen LogP contribution in [0.25, 0.3) is 0 Å². The van der Waals surface area contributed by atoms with E-state index in [0.29, 0.717) is 11.2 Å². The van der Waals surface area contributed by atoms with Crippen LogP contribution in [0.3, 0.4) is 0 Å². The molecule has 0 amide bonds. The molecule has 68 valence electrons. The first kappa shape index (κ1) is 8.82. The molecular formula is C11H11FS. The van der Waals surface area contributed by atoms with Crippen molar-refractivity contribution in [3.8, 4) is 0 Å². The van der Waals surface area contributed by atoms with Crippen LogP contribution in [0.5, 0.6) is 0 Å². The Morgan fingerprint density at radius 2 is 1.92 bits per heavy atom. The Kier molecular flexibility index (Phi) is 2.40. The first-order chi connectivity index (χ1) is 6.27. The van der Waals surface area contributed by atoms with Crippen molar-refractivity contribution >= 4 is 11.8 Å². The second-order valence-corrected chi connectivity index (χ2v) is 4.53. The van der Waals surface area contributed by atoms with Crippen molar-refractivity contribution in [3.63, 3.8) is 0 Å². The average molecular weight is 194 g/mol. The molecule has 2 unspecified atom stereocenters. The summed E-state index contributed by atoms with van der Waals surface area (Å²) < 4.78 is 12.6. The molecule has 1 aromatic rings. The zero-order valence-electron chi connectivity index (χ0n) is 7.41. The van der Waals surface area contributed by atoms with E-state index in [4.69, 9.17) is 0 Å². The summed E-state index contributed by atoms with van der Waals surface area (Å²) in [6, 6.07) is 6.79. The van der Waals surface area contributed by atoms with Crippen molar-refractivity contribution in [3.05, 3.63) is 47.1 Å². The summed E-state index contributed by atoms with van der Waals surface area (Å²) in [5.41, 5.74) is 1.20. The first-order valence-electron chi connectivity index (χ1n) is 4.35. The molecule has 0 saturated heterocycles. The molecule has 0 N–H and O–H groups in total. The number of hydrogen-bond donors (Lipinski definition) is 0. The maximum absolute atomic E-state index is 12.6. The predicted molar refractivity (Wildman–Crippen MR) is 55.3 cm³/mol. The van der Waals surface area contributed by atoms with Crippen molar-refractivity contribution in [1.82, 2.24) is 0 Å². The molecule has 0 saturated carbocycles. The SMILES string of the molecule is CC1SC=CC1c1ccc(F)cc1. The van der Waals surface area contributed by atoms with Crippen molar-refractivity contribution < 1.29 is 4.39 Å². The second kappa shape index (κ2) is 3.54. The van der Waals surface area contributed by atoms with Crippen molar-refractivity contribution in [2.24, 2.45) is 0 Å². The summed E-state index contributed by atoms with van der Waals surface area (Å²) in [7, 11) is 0. The van der Waals surface area contributed by atoms with E-state index in [1.165, 1.54) is 17.7 Å². The fraction of sp³-hybridized carbons (Fsp3) is 0.273. The molecule has 0 nitrogen and oxygen atoms in total. The molecule has 0 bridgehead atoms. The van der Waals surface area contributed by atoms with E-state index in [9.17, 15) is 4.39 Å². The van der Waals surface area contributed by atoms with Gasteiger partial charge in [0, 0.05) is 11.2 Å². The van der Waals surface area contributed by atoms with Gasteiger partial charge in [0.15, 0.2) is 0 Å². The fourth-order valence-electron chi connectivity index (χ4n) is 1.56. The van der Waals surface area contributed by atoms with Crippen LogP contribution >= 0.6 is 11.8 Å². The number of thioether (sulfide) groups is 1. The number of benzene rings is 1. The molecule has 2 atom stereocenters. The monoisotopic (exact) mass is 194 g/mol. The molecule has 0 spiro atoms. The summed E-state index contributed by atoms with van der Waals surface area (Å²) in [6.45, 7) is 2.19. The lowest BCUT2D eigenvalue weighted by atomic mass is 9.97. The first-order valence-corrected chi connectivity index (χ1v) is 5.29. The predicted octanol–water partition coefficient (Wildman–Crippen LogP) is 3.56. The molecule has 0 aromatic heterocycles. The quantitative estimate of drug-likeness (QED) is 0.658. The van der Waals surface area contributed by atoms with Crippen LogP contribution in [0.15, 0.2) is 35.7 Å². The Hall–Kier alpha value is -0.760. The Morgan fingerprint density at radius 3 is 2.46 bits per heavy atom. The highest BCUT2D eigenvalue weighted by atomic mass is 32.2. The number of hydrogen-bond acceptors (Lipinski definition) is 1. The minimum atomic E-state index is -0.161. The number of allylic oxidation sites excluding steroid dienone is 1. The molecule has 1 heterocycles. The molecule has 1 aromatic carbocycles. The van der Waals surface area contributed by atoms with Gasteiger partial charge in [-0.15, -0.1) is 11.8 Å². The molecule has 0 fully saturated rings. The summed E-state index contributed by atoms with van der Waals surface area (Å²) in [5.74, 6) is 0.289. The normalized spacial score (nSPS) is 26.6. The third-order valence-corrected chi connectivity index (χ3v) is 3.38. The van der Waals surface area contributed by atoms with Gasteiger partial charge in [-0.3, -0.25) is 0 Å². The van der Waals surface area contributed by atoms with Gasteiger partial charge in [0.1, 0.15) is 5.82 Å². The van der Waals surface area contributed by atoms with Gasteiger partial charge >= 0.3 is 0 Å². The Balaban J connectivity index is 2.25. The summed E-state index contributed by atoms with van der Waals surface area (Å²) in [4.78, 5) is 0. The highest BCUT2D eigenvalue weighted by Crippen LogP contribution is 2.36. The van der Waals surface area contributed by atoms with Gasteiger partial charge < -0.3 is 0 Å². The van der Waals surface area contributed by atoms with Gasteiger partial charge in [-0.2, -0.15) is 0 Å². The molecule has 1 aliphatic rings. The van der Waals surface area contributed by atoms with E-state index in [-0.39, 0.29) is 5.82 Å². The van der Waals surface area contributed by atoms with Crippen LogP contribution in [0.2, 0.25) is 0 Å². The standard InChI is InChI=1S/C11H11FS/c1-8-11(6-7-13-8)9-2-4-10(12)5-3-9/h2-8,11H,1H3. The topological polar surface area (TPSA) is 0 Å². The van der Waals surface area contributed by atoms with E-state index in [2.05, 4.69) is 18.4 Å². The van der Waals surface area contributed by atoms with E-state index >= 15 is 0 Å². The van der Waals surface area contributed by atoms with Crippen molar-refractivity contribution in [2.45, 2.75) is 18.1 Å². The molecule has 1 aliphatic heterocycles. The molecular weight excluding hydrogens is 183 g/mol. The lowest BCUT2D eigenvalue weighted by molar-refractivity contribution is 0.626. The van der Waals surface area contributed by atoms with E-state index in [1.54, 1.807) is 0 Å². The molecule has 0 aliphatic carbocycles. The third kappa shape index (κ3) is 1.78. The highest BCUT2D eigenvalue weighted by molar-refractivity contribution is 8.03. The van der Waals surface area contributed by atoms with Crippen LogP contribution in [-0.4, -0.2) is 5.25 Å². The average Bonchev–Trinajstić information content (AvgIpc) is 2.53. The Morgan fingerprint density at radius 1 is 1.23 bits per heavy atom. The van der Waals surface area contributed by atoms with Crippen LogP contribution < -0.4 is 0 Å². The molecule has 0 radical (unpaired) electrons. The summed E-state index contributed by atoms with van der Waals surface area (Å²) >= 11 is 1.83. The van der Waals surface area contributed by atoms with Gasteiger partial charge in [-0.05, 0) is 23.1 Å². The van der Waals surface area contributed by atoms with Crippen LogP contribution in [0.4, 0.5) is 4.39 Å². The van der Waals surface area contributed by atoms with E-state index in [0.717, 1.165) is 0 Å². The lowest BCUT2D eigenvalue weighted by Crippen LogP contribution is -2.04. The number of halogens is 1. The third-order valence-electron chi connectivity index (χ3n) is 2.34. The van der Waals surface area contributed by atoms with Gasteiger partial charge in [0.25, 0.3) is 0 Å². The number of rotatable bonds is 1. The van der Waals surface area contributed by atoms with Crippen molar-refractivity contribution in [2.75, 3.05) is 0 Å². The van der Waals surface area contributed by atoms with Crippen LogP contribution in [0, 0.1) is 5.82 Å². The van der Waals surface area contributed by atoms with Crippen LogP contribution in [0.1, 0.15) is 18.4 Å². The highest BCUT2D eigenvalue weighted by Gasteiger charge is 2.20. The van der Waals surface area contributed by atoms with Gasteiger partial charge in [-0.1, -0.05) is 25.1 Å². The maximum Gasteiger partial charge on any atom is 0.123 e. The van der Waals surface area contributed by atoms with Gasteiger partial charge in [0.2, 0.25) is 0 Å². The van der Waals surface area contributed by atoms with Gasteiger partial charge in [-0.25, -0.2) is 4.39 Å². The zero-order valence-corrected chi connectivity index (χ0v) is 8.22. The fourth-order valence-corrected chi connectivity index (χ4v) is 2.49. The maximum atomic E-state index is 12.6. The minimum absolute atomic E-state index is 0.161. The Bertz CT molecular complexity index is 315. The second-order valence-electron chi connectivity index (χ2n) is 3.25. The van der Waals surface area contributed by atoms with Gasteiger partial charge in [0.05, 0.1) is 0 Å². The smallest absolute Gasteiger partial charge is 0.123 e. The molecule has 2 rings (SSSR count). The van der Waals surface area contributed by atoms with E-state index < -0.39 is 0 Å². The minimum Gasteiger partial charge on any atom is -0.207 e. The van der Waals surface area contributed by atoms with Crippen molar-refractivity contribution in [1.29, 1.82) is 0 Å². The zero-order chi connectivity index (χ0) is 9.26. The summed E-state index contributed by atoms with van der Waals surface area (Å²) in [5, 5.41) is 2.70. The largest absolute Gasteiger partial charge is 0.207 e. The molecule has 2 heteroatoms.